The van der Waals surface area contributed by atoms with Crippen molar-refractivity contribution in [1.82, 2.24) is 10.4 Å². The lowest BCUT2D eigenvalue weighted by Gasteiger charge is -2.08. The van der Waals surface area contributed by atoms with Crippen LogP contribution < -0.4 is 16.0 Å². The number of nitrogens with two attached hydrogens (primary N) is 1. The Kier molecular flexibility index (Phi) is 4.72. The van der Waals surface area contributed by atoms with Gasteiger partial charge in [-0.1, -0.05) is 11.6 Å². The number of rotatable bonds is 4. The Morgan fingerprint density at radius 1 is 1.43 bits per heavy atom. The summed E-state index contributed by atoms with van der Waals surface area (Å²) in [6, 6.07) is 10.0. The van der Waals surface area contributed by atoms with Crippen LogP contribution in [0.2, 0.25) is 5.02 Å². The monoisotopic (exact) mass is 302 g/mol. The molecule has 0 unspecified atom stereocenters. The SMILES string of the molecule is N#Cc1ccc(OCc2ccc(C(=O)NN)cn2)c(Cl)c1. The summed E-state index contributed by atoms with van der Waals surface area (Å²) in [6.07, 6.45) is 1.40. The third-order valence-electron chi connectivity index (χ3n) is 2.65. The number of nitrogen functional groups attached to an aromatic ring is 1. The van der Waals surface area contributed by atoms with E-state index in [2.05, 4.69) is 4.98 Å². The Bertz CT molecular complexity index is 695. The molecule has 0 aliphatic heterocycles. The maximum atomic E-state index is 11.3. The highest BCUT2D eigenvalue weighted by atomic mass is 35.5. The number of carbonyl (C=O) groups excluding carboxylic acids is 1. The number of nitrogens with one attached hydrogen (secondary N) is 1. The molecule has 0 spiro atoms. The fourth-order valence-electron chi connectivity index (χ4n) is 1.57. The summed E-state index contributed by atoms with van der Waals surface area (Å²) in [4.78, 5) is 15.3. The number of pyridine rings is 1. The summed E-state index contributed by atoms with van der Waals surface area (Å²) in [5, 5.41) is 9.11. The lowest BCUT2D eigenvalue weighted by Crippen LogP contribution is -2.30. The Hall–Kier alpha value is -2.62. The average molecular weight is 303 g/mol. The van der Waals surface area contributed by atoms with Gasteiger partial charge < -0.3 is 4.74 Å². The highest BCUT2D eigenvalue weighted by molar-refractivity contribution is 6.32. The Morgan fingerprint density at radius 3 is 2.81 bits per heavy atom. The summed E-state index contributed by atoms with van der Waals surface area (Å²) >= 11 is 6.00. The topological polar surface area (TPSA) is 101 Å². The van der Waals surface area contributed by atoms with E-state index in [1.807, 2.05) is 11.5 Å². The lowest BCUT2D eigenvalue weighted by atomic mass is 10.2. The molecule has 3 N–H and O–H groups in total. The predicted molar refractivity (Wildman–Crippen MR) is 76.4 cm³/mol. The zero-order valence-electron chi connectivity index (χ0n) is 10.8. The molecular weight excluding hydrogens is 292 g/mol. The maximum absolute atomic E-state index is 11.3. The Morgan fingerprint density at radius 2 is 2.24 bits per heavy atom. The summed E-state index contributed by atoms with van der Waals surface area (Å²) in [5.74, 6) is 5.08. The summed E-state index contributed by atoms with van der Waals surface area (Å²) in [7, 11) is 0. The second kappa shape index (κ2) is 6.70. The van der Waals surface area contributed by atoms with Crippen molar-refractivity contribution in [3.8, 4) is 11.8 Å². The quantitative estimate of drug-likeness (QED) is 0.509. The molecule has 1 aromatic carbocycles. The summed E-state index contributed by atoms with van der Waals surface area (Å²) < 4.78 is 5.52. The van der Waals surface area contributed by atoms with Crippen LogP contribution in [0.1, 0.15) is 21.6 Å². The first-order chi connectivity index (χ1) is 10.1. The van der Waals surface area contributed by atoms with Crippen molar-refractivity contribution in [2.75, 3.05) is 0 Å². The van der Waals surface area contributed by atoms with E-state index in [0.29, 0.717) is 27.6 Å². The number of hydrazine groups is 1. The van der Waals surface area contributed by atoms with Crippen LogP contribution >= 0.6 is 11.6 Å². The number of nitriles is 1. The first kappa shape index (κ1) is 14.8. The van der Waals surface area contributed by atoms with Crippen molar-refractivity contribution < 1.29 is 9.53 Å². The molecule has 0 aliphatic rings. The third kappa shape index (κ3) is 3.69. The van der Waals surface area contributed by atoms with Crippen molar-refractivity contribution in [1.29, 1.82) is 5.26 Å². The largest absolute Gasteiger partial charge is 0.486 e. The average Bonchev–Trinajstić information content (AvgIpc) is 2.53. The third-order valence-corrected chi connectivity index (χ3v) is 2.95. The maximum Gasteiger partial charge on any atom is 0.266 e. The van der Waals surface area contributed by atoms with Gasteiger partial charge in [-0.2, -0.15) is 5.26 Å². The van der Waals surface area contributed by atoms with E-state index < -0.39 is 5.91 Å². The van der Waals surface area contributed by atoms with Crippen molar-refractivity contribution >= 4 is 17.5 Å². The summed E-state index contributed by atoms with van der Waals surface area (Å²) in [6.45, 7) is 0.191. The van der Waals surface area contributed by atoms with Gasteiger partial charge >= 0.3 is 0 Å². The Balaban J connectivity index is 2.03. The normalized spacial score (nSPS) is 9.76. The van der Waals surface area contributed by atoms with Crippen molar-refractivity contribution in [3.63, 3.8) is 0 Å². The van der Waals surface area contributed by atoms with E-state index in [1.165, 1.54) is 12.3 Å². The molecule has 0 fully saturated rings. The standard InChI is InChI=1S/C14H11ClN4O2/c15-12-5-9(6-16)1-4-13(12)21-8-11-3-2-10(7-18-11)14(20)19-17/h1-5,7H,8,17H2,(H,19,20). The van der Waals surface area contributed by atoms with Gasteiger partial charge in [-0.25, -0.2) is 5.84 Å². The van der Waals surface area contributed by atoms with Gasteiger partial charge in [-0.15, -0.1) is 0 Å². The molecule has 21 heavy (non-hydrogen) atoms. The first-order valence-electron chi connectivity index (χ1n) is 5.92. The minimum atomic E-state index is -0.412. The van der Waals surface area contributed by atoms with Gasteiger partial charge in [-0.3, -0.25) is 15.2 Å². The van der Waals surface area contributed by atoms with Gasteiger partial charge in [0.1, 0.15) is 12.4 Å². The van der Waals surface area contributed by atoms with Gasteiger partial charge in [0.2, 0.25) is 0 Å². The van der Waals surface area contributed by atoms with E-state index in [0.717, 1.165) is 0 Å². The first-order valence-corrected chi connectivity index (χ1v) is 6.30. The van der Waals surface area contributed by atoms with Crippen LogP contribution in [0.15, 0.2) is 36.5 Å². The smallest absolute Gasteiger partial charge is 0.266 e. The fraction of sp³-hybridized carbons (Fsp3) is 0.0714. The molecule has 106 valence electrons. The molecule has 2 aromatic rings. The fourth-order valence-corrected chi connectivity index (χ4v) is 1.80. The number of amides is 1. The number of benzene rings is 1. The van der Waals surface area contributed by atoms with E-state index in [4.69, 9.17) is 27.4 Å². The number of carbonyl (C=O) groups is 1. The van der Waals surface area contributed by atoms with Gasteiger partial charge in [0, 0.05) is 6.20 Å². The van der Waals surface area contributed by atoms with Crippen molar-refractivity contribution in [2.45, 2.75) is 6.61 Å². The number of nitrogens with zero attached hydrogens (tertiary/aromatic N) is 2. The van der Waals surface area contributed by atoms with Crippen LogP contribution in [0, 0.1) is 11.3 Å². The molecular formula is C14H11ClN4O2. The van der Waals surface area contributed by atoms with E-state index in [9.17, 15) is 4.79 Å². The predicted octanol–water partition coefficient (Wildman–Crippen LogP) is 1.79. The van der Waals surface area contributed by atoms with Gasteiger partial charge in [0.15, 0.2) is 0 Å². The minimum absolute atomic E-state index is 0.191. The van der Waals surface area contributed by atoms with Gasteiger partial charge in [-0.05, 0) is 30.3 Å². The van der Waals surface area contributed by atoms with Crippen LogP contribution in [0.3, 0.4) is 0 Å². The molecule has 0 saturated heterocycles. The van der Waals surface area contributed by atoms with Crippen LogP contribution in [-0.4, -0.2) is 10.9 Å². The molecule has 1 amide bonds. The molecule has 0 atom stereocenters. The molecule has 0 bridgehead atoms. The molecule has 1 aromatic heterocycles. The molecule has 0 radical (unpaired) electrons. The highest BCUT2D eigenvalue weighted by Gasteiger charge is 2.06. The second-order valence-corrected chi connectivity index (χ2v) is 4.46. The van der Waals surface area contributed by atoms with Crippen LogP contribution in [-0.2, 0) is 6.61 Å². The van der Waals surface area contributed by atoms with E-state index in [1.54, 1.807) is 24.3 Å². The molecule has 0 saturated carbocycles. The molecule has 2 rings (SSSR count). The van der Waals surface area contributed by atoms with Crippen LogP contribution in [0.25, 0.3) is 0 Å². The Labute approximate surface area is 126 Å². The van der Waals surface area contributed by atoms with Gasteiger partial charge in [0.05, 0.1) is 27.9 Å². The van der Waals surface area contributed by atoms with E-state index in [-0.39, 0.29) is 6.61 Å². The van der Waals surface area contributed by atoms with Crippen molar-refractivity contribution in [3.05, 3.63) is 58.4 Å². The molecule has 0 aliphatic carbocycles. The minimum Gasteiger partial charge on any atom is -0.486 e. The molecule has 1 heterocycles. The number of hydrogen-bond donors (Lipinski definition) is 2. The zero-order chi connectivity index (χ0) is 15.2. The molecule has 6 nitrogen and oxygen atoms in total. The number of halogens is 1. The number of ether oxygens (including phenoxy) is 1. The van der Waals surface area contributed by atoms with Gasteiger partial charge in [0.25, 0.3) is 5.91 Å². The van der Waals surface area contributed by atoms with Crippen LogP contribution in [0.5, 0.6) is 5.75 Å². The van der Waals surface area contributed by atoms with E-state index >= 15 is 0 Å². The van der Waals surface area contributed by atoms with Crippen molar-refractivity contribution in [2.24, 2.45) is 5.84 Å². The lowest BCUT2D eigenvalue weighted by molar-refractivity contribution is 0.0953. The zero-order valence-corrected chi connectivity index (χ0v) is 11.6. The summed E-state index contributed by atoms with van der Waals surface area (Å²) in [5.41, 5.74) is 3.47. The highest BCUT2D eigenvalue weighted by Crippen LogP contribution is 2.25. The number of aromatic nitrogens is 1. The second-order valence-electron chi connectivity index (χ2n) is 4.06. The molecule has 7 heteroatoms. The number of hydrogen-bond acceptors (Lipinski definition) is 5. The van der Waals surface area contributed by atoms with Crippen LogP contribution in [0.4, 0.5) is 0 Å².